The summed E-state index contributed by atoms with van der Waals surface area (Å²) in [6, 6.07) is 13.4. The molecule has 1 fully saturated rings. The summed E-state index contributed by atoms with van der Waals surface area (Å²) in [4.78, 5) is 34.1. The zero-order valence-corrected chi connectivity index (χ0v) is 17.5. The molecule has 6 heteroatoms. The molecule has 0 N–H and O–H groups in total. The number of rotatable bonds is 1. The molecule has 4 rings (SSSR count). The maximum atomic E-state index is 13.2. The fourth-order valence-electron chi connectivity index (χ4n) is 4.67. The monoisotopic (exact) mass is 407 g/mol. The molecule has 158 valence electrons. The highest BCUT2D eigenvalue weighted by molar-refractivity contribution is 5.92. The Labute approximate surface area is 177 Å². The molecule has 0 unspecified atom stereocenters. The van der Waals surface area contributed by atoms with Crippen molar-refractivity contribution in [3.05, 3.63) is 59.9 Å². The van der Waals surface area contributed by atoms with Gasteiger partial charge in [-0.2, -0.15) is 0 Å². The summed E-state index contributed by atoms with van der Waals surface area (Å²) in [6.45, 7) is 0.725. The molecule has 2 atom stereocenters. The van der Waals surface area contributed by atoms with E-state index in [4.69, 9.17) is 4.74 Å². The number of likely N-dealkylation sites (tertiary alicyclic amines) is 1. The molecule has 0 bridgehead atoms. The van der Waals surface area contributed by atoms with Gasteiger partial charge in [-0.15, -0.1) is 0 Å². The van der Waals surface area contributed by atoms with Crippen molar-refractivity contribution in [3.63, 3.8) is 0 Å². The van der Waals surface area contributed by atoms with E-state index in [9.17, 15) is 9.59 Å². The van der Waals surface area contributed by atoms with Gasteiger partial charge in [0, 0.05) is 19.8 Å². The topological polar surface area (TPSA) is 62.7 Å². The van der Waals surface area contributed by atoms with E-state index in [1.807, 2.05) is 42.3 Å². The second kappa shape index (κ2) is 9.28. The van der Waals surface area contributed by atoms with Crippen LogP contribution in [0, 0.1) is 0 Å². The molecule has 2 aliphatic rings. The Kier molecular flexibility index (Phi) is 6.31. The molecule has 1 saturated heterocycles. The molecule has 30 heavy (non-hydrogen) atoms. The molecule has 1 aromatic heterocycles. The van der Waals surface area contributed by atoms with Crippen LogP contribution in [-0.4, -0.2) is 58.9 Å². The fraction of sp³-hybridized carbons (Fsp3) is 0.458. The van der Waals surface area contributed by atoms with Crippen molar-refractivity contribution in [2.45, 2.75) is 50.6 Å². The third-order valence-electron chi connectivity index (χ3n) is 6.30. The number of aromatic nitrogens is 1. The van der Waals surface area contributed by atoms with E-state index in [1.54, 1.807) is 17.2 Å². The maximum absolute atomic E-state index is 13.2. The van der Waals surface area contributed by atoms with Gasteiger partial charge in [-0.1, -0.05) is 30.7 Å². The summed E-state index contributed by atoms with van der Waals surface area (Å²) in [5.41, 5.74) is 1.60. The Morgan fingerprint density at radius 3 is 2.67 bits per heavy atom. The average molecular weight is 408 g/mol. The average Bonchev–Trinajstić information content (AvgIpc) is 2.79. The summed E-state index contributed by atoms with van der Waals surface area (Å²) in [5.74, 6) is 0.708. The first-order valence-electron chi connectivity index (χ1n) is 10.8. The van der Waals surface area contributed by atoms with Gasteiger partial charge in [0.05, 0.1) is 12.1 Å². The third kappa shape index (κ3) is 4.32. The number of benzene rings is 1. The van der Waals surface area contributed by atoms with Gasteiger partial charge in [-0.05, 0) is 55.9 Å². The number of nitrogens with zero attached hydrogens (tertiary/aromatic N) is 3. The number of hydrogen-bond donors (Lipinski definition) is 0. The van der Waals surface area contributed by atoms with E-state index >= 15 is 0 Å². The van der Waals surface area contributed by atoms with Crippen molar-refractivity contribution in [3.8, 4) is 5.75 Å². The predicted octanol–water partition coefficient (Wildman–Crippen LogP) is 3.32. The molecule has 2 amide bonds. The Morgan fingerprint density at radius 1 is 1.03 bits per heavy atom. The number of carbonyl (C=O) groups excluding carboxylic acids is 2. The lowest BCUT2D eigenvalue weighted by Gasteiger charge is -2.45. The molecule has 0 aliphatic carbocycles. The van der Waals surface area contributed by atoms with Crippen LogP contribution in [0.25, 0.3) is 0 Å². The molecular formula is C24H29N3O3. The van der Waals surface area contributed by atoms with Crippen molar-refractivity contribution in [1.82, 2.24) is 14.8 Å². The lowest BCUT2D eigenvalue weighted by molar-refractivity contribution is -0.136. The lowest BCUT2D eigenvalue weighted by Crippen LogP contribution is -2.58. The van der Waals surface area contributed by atoms with Crippen molar-refractivity contribution in [2.24, 2.45) is 0 Å². The second-order valence-corrected chi connectivity index (χ2v) is 8.14. The normalized spacial score (nSPS) is 22.8. The number of hydrogen-bond acceptors (Lipinski definition) is 4. The van der Waals surface area contributed by atoms with Crippen LogP contribution in [0.3, 0.4) is 0 Å². The van der Waals surface area contributed by atoms with Crippen molar-refractivity contribution in [2.75, 3.05) is 20.2 Å². The zero-order chi connectivity index (χ0) is 20.9. The number of aryl methyl sites for hydroxylation is 1. The number of carbonyl (C=O) groups is 2. The van der Waals surface area contributed by atoms with Crippen molar-refractivity contribution >= 4 is 11.8 Å². The van der Waals surface area contributed by atoms with E-state index in [2.05, 4.69) is 11.1 Å². The van der Waals surface area contributed by atoms with Gasteiger partial charge in [0.1, 0.15) is 11.4 Å². The summed E-state index contributed by atoms with van der Waals surface area (Å²) < 4.78 is 5.88. The number of piperidine rings is 1. The highest BCUT2D eigenvalue weighted by Crippen LogP contribution is 2.29. The summed E-state index contributed by atoms with van der Waals surface area (Å²) in [6.07, 6.45) is 7.22. The van der Waals surface area contributed by atoms with Crippen LogP contribution in [-0.2, 0) is 11.2 Å². The van der Waals surface area contributed by atoms with Crippen LogP contribution in [0.15, 0.2) is 48.7 Å². The Bertz CT molecular complexity index is 886. The number of pyridine rings is 1. The first kappa shape index (κ1) is 20.4. The van der Waals surface area contributed by atoms with Crippen LogP contribution in [0.1, 0.15) is 48.2 Å². The molecule has 3 heterocycles. The highest BCUT2D eigenvalue weighted by atomic mass is 16.5. The van der Waals surface area contributed by atoms with Crippen LogP contribution in [0.5, 0.6) is 5.75 Å². The summed E-state index contributed by atoms with van der Waals surface area (Å²) >= 11 is 0. The number of ether oxygens (including phenoxy) is 1. The molecular weight excluding hydrogens is 378 g/mol. The zero-order valence-electron chi connectivity index (χ0n) is 17.5. The van der Waals surface area contributed by atoms with Gasteiger partial charge in [0.25, 0.3) is 11.8 Å². The maximum Gasteiger partial charge on any atom is 0.272 e. The van der Waals surface area contributed by atoms with Gasteiger partial charge in [0.15, 0.2) is 6.61 Å². The Morgan fingerprint density at radius 2 is 1.83 bits per heavy atom. The summed E-state index contributed by atoms with van der Waals surface area (Å²) in [7, 11) is 1.84. The van der Waals surface area contributed by atoms with Gasteiger partial charge >= 0.3 is 0 Å². The number of fused-ring (bicyclic) bond motifs is 2. The smallest absolute Gasteiger partial charge is 0.272 e. The standard InChI is InChI=1S/C24H29N3O3/c1-26-20-13-8-16-27(24(29)19-11-6-7-15-25-19)21(20)12-4-2-9-18-10-3-5-14-22(18)30-17-23(26)28/h3,5-7,10-11,14-15,20-21H,2,4,8-9,12-13,16-17H2,1H3/t20-,21-/m1/s1. The predicted molar refractivity (Wildman–Crippen MR) is 114 cm³/mol. The third-order valence-corrected chi connectivity index (χ3v) is 6.30. The Balaban J connectivity index is 1.59. The lowest BCUT2D eigenvalue weighted by atomic mass is 9.89. The quantitative estimate of drug-likeness (QED) is 0.728. The molecule has 6 nitrogen and oxygen atoms in total. The van der Waals surface area contributed by atoms with Crippen molar-refractivity contribution < 1.29 is 14.3 Å². The molecule has 2 aliphatic heterocycles. The van der Waals surface area contributed by atoms with Gasteiger partial charge in [0.2, 0.25) is 0 Å². The Hall–Kier alpha value is -2.89. The van der Waals surface area contributed by atoms with E-state index in [0.29, 0.717) is 12.2 Å². The fourth-order valence-corrected chi connectivity index (χ4v) is 4.67. The number of likely N-dealkylation sites (N-methyl/N-ethyl adjacent to an activating group) is 1. The molecule has 2 aromatic rings. The van der Waals surface area contributed by atoms with E-state index < -0.39 is 0 Å². The van der Waals surface area contributed by atoms with E-state index in [-0.39, 0.29) is 30.5 Å². The number of amides is 2. The van der Waals surface area contributed by atoms with Crippen LogP contribution in [0.2, 0.25) is 0 Å². The SMILES string of the molecule is CN1C(=O)COc2ccccc2CCCC[C@@H]2[C@H]1CCCN2C(=O)c1ccccn1. The first-order valence-corrected chi connectivity index (χ1v) is 10.8. The van der Waals surface area contributed by atoms with Gasteiger partial charge < -0.3 is 14.5 Å². The number of para-hydroxylation sites is 1. The molecule has 0 saturated carbocycles. The van der Waals surface area contributed by atoms with Gasteiger partial charge in [-0.3, -0.25) is 14.6 Å². The van der Waals surface area contributed by atoms with Gasteiger partial charge in [-0.25, -0.2) is 0 Å². The minimum absolute atomic E-state index is 0.00261. The van der Waals surface area contributed by atoms with Crippen LogP contribution >= 0.6 is 0 Å². The highest BCUT2D eigenvalue weighted by Gasteiger charge is 2.38. The van der Waals surface area contributed by atoms with Crippen LogP contribution in [0.4, 0.5) is 0 Å². The molecule has 1 aromatic carbocycles. The minimum Gasteiger partial charge on any atom is -0.483 e. The molecule has 0 spiro atoms. The van der Waals surface area contributed by atoms with Crippen molar-refractivity contribution in [1.29, 1.82) is 0 Å². The largest absolute Gasteiger partial charge is 0.483 e. The minimum atomic E-state index is -0.0486. The second-order valence-electron chi connectivity index (χ2n) is 8.14. The van der Waals surface area contributed by atoms with Crippen LogP contribution < -0.4 is 4.74 Å². The molecule has 0 radical (unpaired) electrons. The summed E-state index contributed by atoms with van der Waals surface area (Å²) in [5, 5.41) is 0. The first-order chi connectivity index (χ1) is 14.6. The van der Waals surface area contributed by atoms with E-state index in [0.717, 1.165) is 49.8 Å². The van der Waals surface area contributed by atoms with E-state index in [1.165, 1.54) is 0 Å².